The van der Waals surface area contributed by atoms with Crippen molar-refractivity contribution in [2.45, 2.75) is 130 Å². The molecular formula is C46H75N3O10. The average molecular weight is 830 g/mol. The molecule has 3 aliphatic rings. The molecule has 0 saturated carbocycles. The highest BCUT2D eigenvalue weighted by Crippen LogP contribution is 2.35. The first-order valence-electron chi connectivity index (χ1n) is 21.9. The van der Waals surface area contributed by atoms with Gasteiger partial charge in [-0.3, -0.25) is 4.79 Å². The Balaban J connectivity index is 1.75. The minimum atomic E-state index is -1.20. The number of likely N-dealkylation sites (tertiary alicyclic amines) is 1. The van der Waals surface area contributed by atoms with Gasteiger partial charge in [-0.05, 0) is 96.1 Å². The molecule has 0 amide bonds. The molecule has 0 spiro atoms. The molecule has 1 aromatic rings. The van der Waals surface area contributed by atoms with Crippen LogP contribution in [0.15, 0.2) is 59.3 Å². The van der Waals surface area contributed by atoms with Crippen LogP contribution in [0.25, 0.3) is 0 Å². The fourth-order valence-corrected chi connectivity index (χ4v) is 9.14. The Morgan fingerprint density at radius 2 is 1.64 bits per heavy atom. The van der Waals surface area contributed by atoms with Crippen LogP contribution >= 0.6 is 0 Å². The van der Waals surface area contributed by atoms with Crippen molar-refractivity contribution in [1.29, 1.82) is 0 Å². The van der Waals surface area contributed by atoms with E-state index in [9.17, 15) is 25.2 Å². The topological polar surface area (TPSA) is 163 Å². The fourth-order valence-electron chi connectivity index (χ4n) is 9.14. The summed E-state index contributed by atoms with van der Waals surface area (Å²) in [6.07, 6.45) is 2.03. The number of benzene rings is 1. The van der Waals surface area contributed by atoms with Crippen LogP contribution in [0.1, 0.15) is 80.6 Å². The highest BCUT2D eigenvalue weighted by atomic mass is 16.7. The summed E-state index contributed by atoms with van der Waals surface area (Å²) < 4.78 is 24.9. The number of rotatable bonds is 13. The molecule has 0 aromatic heterocycles. The second kappa shape index (κ2) is 23.9. The lowest BCUT2D eigenvalue weighted by atomic mass is 9.79. The maximum atomic E-state index is 13.5. The van der Waals surface area contributed by atoms with E-state index in [1.807, 2.05) is 69.3 Å². The smallest absolute Gasteiger partial charge is 0.308 e. The van der Waals surface area contributed by atoms with Gasteiger partial charge in [-0.1, -0.05) is 75.7 Å². The van der Waals surface area contributed by atoms with Gasteiger partial charge < -0.3 is 54.0 Å². The van der Waals surface area contributed by atoms with Crippen LogP contribution in [0.2, 0.25) is 0 Å². The van der Waals surface area contributed by atoms with Crippen molar-refractivity contribution < 1.29 is 49.0 Å². The number of oxime groups is 1. The average Bonchev–Trinajstić information content (AvgIpc) is 3.18. The molecule has 13 heteroatoms. The van der Waals surface area contributed by atoms with E-state index in [2.05, 4.69) is 30.8 Å². The number of allylic oxidation sites excluding steroid dienone is 3. The number of piperidine rings is 1. The number of ether oxygens (including phenoxy) is 4. The summed E-state index contributed by atoms with van der Waals surface area (Å²) in [5.41, 5.74) is 1.55. The normalized spacial score (nSPS) is 38.0. The number of cyclic esters (lactones) is 1. The minimum absolute atomic E-state index is 0.170. The van der Waals surface area contributed by atoms with Crippen LogP contribution in [0, 0.1) is 35.5 Å². The first-order valence-corrected chi connectivity index (χ1v) is 21.9. The zero-order valence-corrected chi connectivity index (χ0v) is 37.1. The second-order valence-electron chi connectivity index (χ2n) is 17.8. The largest absolute Gasteiger partial charge is 0.490 e. The Morgan fingerprint density at radius 3 is 2.29 bits per heavy atom. The molecule has 3 heterocycles. The van der Waals surface area contributed by atoms with Gasteiger partial charge in [-0.25, -0.2) is 0 Å². The highest BCUT2D eigenvalue weighted by Gasteiger charge is 2.47. The summed E-state index contributed by atoms with van der Waals surface area (Å²) in [7, 11) is 3.60. The molecule has 0 radical (unpaired) electrons. The van der Waals surface area contributed by atoms with E-state index in [4.69, 9.17) is 23.8 Å². The molecule has 59 heavy (non-hydrogen) atoms. The van der Waals surface area contributed by atoms with Crippen molar-refractivity contribution in [3.63, 3.8) is 0 Å². The monoisotopic (exact) mass is 830 g/mol. The van der Waals surface area contributed by atoms with Crippen LogP contribution in [0.3, 0.4) is 0 Å². The Morgan fingerprint density at radius 1 is 0.949 bits per heavy atom. The summed E-state index contributed by atoms with van der Waals surface area (Å²) in [6, 6.07) is 8.88. The summed E-state index contributed by atoms with van der Waals surface area (Å²) in [6.45, 7) is 17.2. The van der Waals surface area contributed by atoms with Crippen LogP contribution in [-0.2, 0) is 23.8 Å². The number of hydrogen-bond donors (Lipinski definition) is 4. The van der Waals surface area contributed by atoms with Crippen LogP contribution in [0.5, 0.6) is 5.75 Å². The van der Waals surface area contributed by atoms with Gasteiger partial charge in [0.05, 0.1) is 49.2 Å². The van der Waals surface area contributed by atoms with E-state index >= 15 is 0 Å². The molecule has 0 bridgehead atoms. The van der Waals surface area contributed by atoms with Crippen LogP contribution in [0.4, 0.5) is 0 Å². The Hall–Kier alpha value is -2.88. The number of likely N-dealkylation sites (N-methyl/N-ethyl adjacent to an activating group) is 1. The zero-order valence-electron chi connectivity index (χ0n) is 37.1. The van der Waals surface area contributed by atoms with Crippen LogP contribution in [-0.4, -0.2) is 144 Å². The third kappa shape index (κ3) is 14.6. The highest BCUT2D eigenvalue weighted by molar-refractivity contribution is 5.96. The van der Waals surface area contributed by atoms with Crippen LogP contribution < -0.4 is 4.74 Å². The molecule has 2 fully saturated rings. The molecule has 2 saturated heterocycles. The number of carbonyl (C=O) groups excluding carboxylic acids is 1. The summed E-state index contributed by atoms with van der Waals surface area (Å²) >= 11 is 0. The second-order valence-corrected chi connectivity index (χ2v) is 17.8. The SMILES string of the molecule is CC[C@H]1OC(=O)C[C@@H](O)C(C)[C@@H](O[C@H]2O[C@@H](C)[C@H](O)[C@@H](N(C)C)[C@@H]2O)[C@@H](CCN2CC(C)CC(C)C2)C[C@@H](C)C(=N\OCCOc2ccccc2)/C=C/C(C)=C/C1CO. The third-order valence-electron chi connectivity index (χ3n) is 12.3. The Bertz CT molecular complexity index is 1480. The summed E-state index contributed by atoms with van der Waals surface area (Å²) in [4.78, 5) is 23.7. The molecule has 4 N–H and O–H groups in total. The van der Waals surface area contributed by atoms with E-state index in [0.717, 1.165) is 31.0 Å². The summed E-state index contributed by atoms with van der Waals surface area (Å²) in [5, 5.41) is 49.6. The number of hydrogen-bond acceptors (Lipinski definition) is 13. The molecule has 3 aliphatic heterocycles. The first kappa shape index (κ1) is 48.8. The van der Waals surface area contributed by atoms with E-state index in [-0.39, 0.29) is 31.5 Å². The third-order valence-corrected chi connectivity index (χ3v) is 12.3. The van der Waals surface area contributed by atoms with Crippen molar-refractivity contribution in [2.24, 2.45) is 40.7 Å². The van der Waals surface area contributed by atoms with Gasteiger partial charge in [-0.2, -0.15) is 0 Å². The molecule has 334 valence electrons. The number of nitrogens with zero attached hydrogens (tertiary/aromatic N) is 3. The Kier molecular flexibility index (Phi) is 19.8. The standard InChI is InChI=1S/C46H75N3O10/c1-10-40-36(28-50)23-29(2)16-17-38(47-56-21-20-55-37-14-12-11-13-15-37)32(5)24-35(18-19-49-26-30(3)22-31(4)27-49)45(33(6)39(51)25-41(52)58-40)59-46-44(54)42(48(8)9)43(53)34(7)57-46/h11-17,23,30-36,39-40,42-46,50-51,53-54H,10,18-22,24-28H2,1-9H3/b17-16+,29-23+,47-38-/t30?,31?,32-,33?,34+,35+,36?,39-,40-,42-,43+,44+,45-,46-/m1/s1. The Labute approximate surface area is 353 Å². The number of carbonyl (C=O) groups is 1. The minimum Gasteiger partial charge on any atom is -0.490 e. The molecule has 14 atom stereocenters. The zero-order chi connectivity index (χ0) is 43.2. The molecule has 4 unspecified atom stereocenters. The van der Waals surface area contributed by atoms with Gasteiger partial charge in [0.15, 0.2) is 12.9 Å². The molecule has 4 rings (SSSR count). The maximum absolute atomic E-state index is 13.5. The fraction of sp³-hybridized carbons (Fsp3) is 0.739. The van der Waals surface area contributed by atoms with Gasteiger partial charge in [0.2, 0.25) is 0 Å². The van der Waals surface area contributed by atoms with Gasteiger partial charge in [0.25, 0.3) is 0 Å². The quantitative estimate of drug-likeness (QED) is 0.119. The van der Waals surface area contributed by atoms with Gasteiger partial charge >= 0.3 is 5.97 Å². The molecule has 1 aromatic carbocycles. The van der Waals surface area contributed by atoms with E-state index in [1.165, 1.54) is 6.42 Å². The lowest BCUT2D eigenvalue weighted by Gasteiger charge is -2.47. The van der Waals surface area contributed by atoms with Crippen molar-refractivity contribution >= 4 is 11.7 Å². The summed E-state index contributed by atoms with van der Waals surface area (Å²) in [5.74, 6) is -0.145. The van der Waals surface area contributed by atoms with Crippen molar-refractivity contribution in [1.82, 2.24) is 9.80 Å². The van der Waals surface area contributed by atoms with E-state index < -0.39 is 66.8 Å². The van der Waals surface area contributed by atoms with Gasteiger partial charge in [0, 0.05) is 30.8 Å². The molecule has 13 nitrogen and oxygen atoms in total. The van der Waals surface area contributed by atoms with Gasteiger partial charge in [0.1, 0.15) is 24.6 Å². The lowest BCUT2D eigenvalue weighted by molar-refractivity contribution is -0.304. The predicted molar refractivity (Wildman–Crippen MR) is 229 cm³/mol. The lowest BCUT2D eigenvalue weighted by Crippen LogP contribution is -2.63. The van der Waals surface area contributed by atoms with Gasteiger partial charge in [-0.15, -0.1) is 0 Å². The molecular weight excluding hydrogens is 755 g/mol. The number of aliphatic hydroxyl groups is 4. The number of para-hydroxylation sites is 1. The van der Waals surface area contributed by atoms with Crippen molar-refractivity contribution in [3.05, 3.63) is 54.1 Å². The number of aliphatic hydroxyl groups excluding tert-OH is 4. The number of esters is 1. The van der Waals surface area contributed by atoms with Crippen molar-refractivity contribution in [3.8, 4) is 5.75 Å². The molecule has 0 aliphatic carbocycles. The van der Waals surface area contributed by atoms with Crippen molar-refractivity contribution in [2.75, 3.05) is 53.6 Å². The predicted octanol–water partition coefficient (Wildman–Crippen LogP) is 5.06. The van der Waals surface area contributed by atoms with E-state index in [1.54, 1.807) is 25.9 Å². The first-order chi connectivity index (χ1) is 28.1. The maximum Gasteiger partial charge on any atom is 0.308 e. The van der Waals surface area contributed by atoms with E-state index in [0.29, 0.717) is 43.4 Å².